The quantitative estimate of drug-likeness (QED) is 0.845. The number of hydrogen-bond donors (Lipinski definition) is 1. The third-order valence-electron chi connectivity index (χ3n) is 4.58. The van der Waals surface area contributed by atoms with Crippen molar-refractivity contribution in [3.63, 3.8) is 0 Å². The van der Waals surface area contributed by atoms with E-state index in [1.165, 1.54) is 9.21 Å². The number of carbonyl (C=O) groups excluding carboxylic acids is 2. The van der Waals surface area contributed by atoms with Crippen LogP contribution in [0.15, 0.2) is 21.7 Å². The van der Waals surface area contributed by atoms with Gasteiger partial charge in [0, 0.05) is 19.6 Å². The summed E-state index contributed by atoms with van der Waals surface area (Å²) in [5, 5.41) is 4.43. The maximum atomic E-state index is 13.0. The van der Waals surface area contributed by atoms with Crippen molar-refractivity contribution in [2.24, 2.45) is 0 Å². The van der Waals surface area contributed by atoms with Gasteiger partial charge in [-0.15, -0.1) is 11.3 Å². The van der Waals surface area contributed by atoms with Gasteiger partial charge in [0.15, 0.2) is 0 Å². The van der Waals surface area contributed by atoms with Gasteiger partial charge in [-0.1, -0.05) is 12.5 Å². The van der Waals surface area contributed by atoms with E-state index in [1.54, 1.807) is 24.4 Å². The minimum atomic E-state index is -3.68. The maximum absolute atomic E-state index is 13.0. The molecule has 2 fully saturated rings. The van der Waals surface area contributed by atoms with E-state index in [1.807, 2.05) is 0 Å². The Morgan fingerprint density at radius 1 is 1.33 bits per heavy atom. The number of carbonyl (C=O) groups is 2. The van der Waals surface area contributed by atoms with Gasteiger partial charge in [0.2, 0.25) is 11.8 Å². The molecule has 0 bridgehead atoms. The minimum Gasteiger partial charge on any atom is -0.353 e. The molecule has 2 aliphatic rings. The summed E-state index contributed by atoms with van der Waals surface area (Å²) in [6.45, 7) is 2.83. The Balaban J connectivity index is 1.87. The molecule has 2 aliphatic heterocycles. The lowest BCUT2D eigenvalue weighted by molar-refractivity contribution is -0.146. The molecule has 9 heteroatoms. The highest BCUT2D eigenvalue weighted by atomic mass is 32.2. The zero-order valence-corrected chi connectivity index (χ0v) is 15.1. The first-order valence-electron chi connectivity index (χ1n) is 8.06. The molecule has 24 heavy (non-hydrogen) atoms. The molecule has 0 radical (unpaired) electrons. The van der Waals surface area contributed by atoms with E-state index >= 15 is 0 Å². The summed E-state index contributed by atoms with van der Waals surface area (Å²) in [5.74, 6) is -0.463. The molecule has 0 spiro atoms. The molecule has 0 aliphatic carbocycles. The first kappa shape index (κ1) is 17.4. The minimum absolute atomic E-state index is 0.196. The molecule has 1 aromatic heterocycles. The fourth-order valence-corrected chi connectivity index (χ4v) is 6.01. The van der Waals surface area contributed by atoms with Gasteiger partial charge in [-0.25, -0.2) is 8.42 Å². The van der Waals surface area contributed by atoms with E-state index in [-0.39, 0.29) is 16.0 Å². The number of rotatable bonds is 3. The third-order valence-corrected chi connectivity index (χ3v) is 7.86. The predicted molar refractivity (Wildman–Crippen MR) is 90.0 cm³/mol. The summed E-state index contributed by atoms with van der Waals surface area (Å²) in [5.41, 5.74) is 0. The Kier molecular flexibility index (Phi) is 4.93. The Morgan fingerprint density at radius 3 is 2.83 bits per heavy atom. The van der Waals surface area contributed by atoms with Crippen LogP contribution in [0, 0.1) is 0 Å². The van der Waals surface area contributed by atoms with Crippen LogP contribution in [-0.4, -0.2) is 61.2 Å². The smallest absolute Gasteiger partial charge is 0.253 e. The second-order valence-corrected chi connectivity index (χ2v) is 9.12. The topological polar surface area (TPSA) is 86.8 Å². The van der Waals surface area contributed by atoms with E-state index in [0.717, 1.165) is 24.2 Å². The summed E-state index contributed by atoms with van der Waals surface area (Å²) in [6.07, 6.45) is 2.04. The lowest BCUT2D eigenvalue weighted by Crippen LogP contribution is -2.61. The molecule has 0 aromatic carbocycles. The van der Waals surface area contributed by atoms with Crippen LogP contribution >= 0.6 is 11.3 Å². The van der Waals surface area contributed by atoms with Crippen LogP contribution in [0.5, 0.6) is 0 Å². The second kappa shape index (κ2) is 6.81. The van der Waals surface area contributed by atoms with Gasteiger partial charge in [-0.3, -0.25) is 9.59 Å². The number of piperidine rings is 1. The van der Waals surface area contributed by atoms with Crippen LogP contribution in [0.4, 0.5) is 0 Å². The van der Waals surface area contributed by atoms with Gasteiger partial charge in [0.1, 0.15) is 16.3 Å². The normalized spacial score (nSPS) is 26.2. The summed E-state index contributed by atoms with van der Waals surface area (Å²) < 4.78 is 27.3. The molecule has 2 atom stereocenters. The zero-order chi connectivity index (χ0) is 17.3. The van der Waals surface area contributed by atoms with Crippen molar-refractivity contribution in [3.8, 4) is 0 Å². The van der Waals surface area contributed by atoms with Crippen molar-refractivity contribution >= 4 is 33.2 Å². The Labute approximate surface area is 145 Å². The Morgan fingerprint density at radius 2 is 2.12 bits per heavy atom. The van der Waals surface area contributed by atoms with E-state index in [0.29, 0.717) is 26.1 Å². The number of nitrogens with one attached hydrogen (secondary N) is 1. The highest BCUT2D eigenvalue weighted by Gasteiger charge is 2.42. The van der Waals surface area contributed by atoms with Crippen LogP contribution in [0.25, 0.3) is 0 Å². The molecular formula is C15H21N3O4S2. The number of hydrogen-bond acceptors (Lipinski definition) is 5. The molecule has 7 nitrogen and oxygen atoms in total. The van der Waals surface area contributed by atoms with Gasteiger partial charge < -0.3 is 10.2 Å². The highest BCUT2D eigenvalue weighted by molar-refractivity contribution is 7.91. The van der Waals surface area contributed by atoms with Crippen molar-refractivity contribution < 1.29 is 18.0 Å². The highest BCUT2D eigenvalue weighted by Crippen LogP contribution is 2.29. The van der Waals surface area contributed by atoms with Crippen molar-refractivity contribution in [1.29, 1.82) is 0 Å². The molecule has 3 rings (SSSR count). The van der Waals surface area contributed by atoms with Gasteiger partial charge >= 0.3 is 0 Å². The van der Waals surface area contributed by atoms with E-state index in [9.17, 15) is 18.0 Å². The van der Waals surface area contributed by atoms with Crippen molar-refractivity contribution in [2.45, 2.75) is 42.5 Å². The largest absolute Gasteiger partial charge is 0.353 e. The van der Waals surface area contributed by atoms with Crippen LogP contribution in [0.3, 0.4) is 0 Å². The zero-order valence-electron chi connectivity index (χ0n) is 13.5. The molecule has 2 unspecified atom stereocenters. The molecule has 1 N–H and O–H groups in total. The molecule has 132 valence electrons. The lowest BCUT2D eigenvalue weighted by Gasteiger charge is -2.40. The average molecular weight is 371 g/mol. The Bertz CT molecular complexity index is 717. The van der Waals surface area contributed by atoms with Crippen molar-refractivity contribution in [3.05, 3.63) is 17.5 Å². The molecule has 3 heterocycles. The number of thiophene rings is 1. The third kappa shape index (κ3) is 3.07. The summed E-state index contributed by atoms with van der Waals surface area (Å²) in [7, 11) is -3.68. The van der Waals surface area contributed by atoms with E-state index in [2.05, 4.69) is 5.32 Å². The van der Waals surface area contributed by atoms with Crippen LogP contribution < -0.4 is 5.32 Å². The SMILES string of the molecule is CC1C(=O)NCCN1C(=O)C1CCCCN1S(=O)(=O)c1cccs1. The van der Waals surface area contributed by atoms with Crippen molar-refractivity contribution in [2.75, 3.05) is 19.6 Å². The summed E-state index contributed by atoms with van der Waals surface area (Å²) in [6, 6.07) is 1.96. The van der Waals surface area contributed by atoms with E-state index in [4.69, 9.17) is 0 Å². The van der Waals surface area contributed by atoms with Gasteiger partial charge in [-0.05, 0) is 31.2 Å². The van der Waals surface area contributed by atoms with Gasteiger partial charge in [0.25, 0.3) is 10.0 Å². The second-order valence-electron chi connectivity index (χ2n) is 6.06. The number of amides is 2. The number of sulfonamides is 1. The van der Waals surface area contributed by atoms with E-state index < -0.39 is 22.1 Å². The number of nitrogens with zero attached hydrogens (tertiary/aromatic N) is 2. The first-order chi connectivity index (χ1) is 11.4. The Hall–Kier alpha value is -1.45. The molecular weight excluding hydrogens is 350 g/mol. The molecule has 2 saturated heterocycles. The van der Waals surface area contributed by atoms with Crippen LogP contribution in [-0.2, 0) is 19.6 Å². The van der Waals surface area contributed by atoms with Crippen LogP contribution in [0.1, 0.15) is 26.2 Å². The summed E-state index contributed by atoms with van der Waals surface area (Å²) in [4.78, 5) is 26.3. The molecule has 0 saturated carbocycles. The summed E-state index contributed by atoms with van der Waals surface area (Å²) >= 11 is 1.16. The molecule has 1 aromatic rings. The average Bonchev–Trinajstić information content (AvgIpc) is 3.12. The lowest BCUT2D eigenvalue weighted by atomic mass is 10.0. The fourth-order valence-electron chi connectivity index (χ4n) is 3.24. The first-order valence-corrected chi connectivity index (χ1v) is 10.4. The monoisotopic (exact) mass is 371 g/mol. The predicted octanol–water partition coefficient (Wildman–Crippen LogP) is 0.638. The standard InChI is InChI=1S/C15H21N3O4S2/c1-11-14(19)16-7-9-17(11)15(20)12-5-2-3-8-18(12)24(21,22)13-6-4-10-23-13/h4,6,10-12H,2-3,5,7-9H2,1H3,(H,16,19). The maximum Gasteiger partial charge on any atom is 0.253 e. The van der Waals surface area contributed by atoms with Gasteiger partial charge in [0.05, 0.1) is 0 Å². The number of piperazine rings is 1. The molecule has 2 amide bonds. The van der Waals surface area contributed by atoms with Crippen molar-refractivity contribution in [1.82, 2.24) is 14.5 Å². The fraction of sp³-hybridized carbons (Fsp3) is 0.600. The van der Waals surface area contributed by atoms with Crippen LogP contribution in [0.2, 0.25) is 0 Å². The van der Waals surface area contributed by atoms with Gasteiger partial charge in [-0.2, -0.15) is 4.31 Å².